The molecule has 0 unspecified atom stereocenters. The van der Waals surface area contributed by atoms with E-state index in [1.807, 2.05) is 39.8 Å². The third-order valence-corrected chi connectivity index (χ3v) is 7.71. The second-order valence-electron chi connectivity index (χ2n) is 12.5. The van der Waals surface area contributed by atoms with Crippen molar-refractivity contribution < 1.29 is 14.3 Å². The number of pyridine rings is 1. The van der Waals surface area contributed by atoms with E-state index in [0.29, 0.717) is 46.7 Å². The number of benzene rings is 2. The molecule has 5 aromatic rings. The van der Waals surface area contributed by atoms with Gasteiger partial charge in [-0.05, 0) is 61.5 Å². The lowest BCUT2D eigenvalue weighted by Gasteiger charge is -2.20. The summed E-state index contributed by atoms with van der Waals surface area (Å²) < 4.78 is 17.5. The van der Waals surface area contributed by atoms with E-state index in [1.54, 1.807) is 36.4 Å². The number of amides is 1. The first kappa shape index (κ1) is 33.1. The van der Waals surface area contributed by atoms with E-state index in [-0.39, 0.29) is 28.1 Å². The highest BCUT2D eigenvalue weighted by atomic mass is 19.1. The first-order valence-electron chi connectivity index (χ1n) is 15.0. The summed E-state index contributed by atoms with van der Waals surface area (Å²) in [6.45, 7) is 6.54. The van der Waals surface area contributed by atoms with Crippen molar-refractivity contribution in [3.05, 3.63) is 104 Å². The highest BCUT2D eigenvalue weighted by molar-refractivity contribution is 5.94. The maximum atomic E-state index is 15.3. The van der Waals surface area contributed by atoms with Crippen molar-refractivity contribution in [3.63, 3.8) is 0 Å². The van der Waals surface area contributed by atoms with Crippen molar-refractivity contribution in [2.75, 3.05) is 32.5 Å². The normalized spacial score (nSPS) is 11.7. The molecule has 3 aromatic heterocycles. The number of anilines is 2. The molecule has 0 radical (unpaired) electrons. The molecule has 0 saturated carbocycles. The molecule has 1 amide bonds. The van der Waals surface area contributed by atoms with Crippen molar-refractivity contribution >= 4 is 28.2 Å². The van der Waals surface area contributed by atoms with E-state index in [4.69, 9.17) is 0 Å². The maximum Gasteiger partial charge on any atom is 0.290 e. The molecule has 2 aromatic carbocycles. The van der Waals surface area contributed by atoms with Gasteiger partial charge in [0.25, 0.3) is 17.0 Å². The molecule has 47 heavy (non-hydrogen) atoms. The molecule has 244 valence electrons. The summed E-state index contributed by atoms with van der Waals surface area (Å²) in [6.07, 6.45) is 2.84. The molecule has 0 aliphatic rings. The standard InChI is InChI=1S/C34H37FN8O4/c1-34(2,3)22-14-21-18-38-43(33(47)30(21)25(35)15-22)28-9-7-8-23(24(28)19-44)26-16-27(32(46)42(6)40-26)39-29-11-10-20(17-37-29)31(45)36-12-13-41(4)5/h7-11,14-18,44H,12-13,19H2,1-6H3,(H,36,45)(H,37,39). The highest BCUT2D eigenvalue weighted by Crippen LogP contribution is 2.30. The second kappa shape index (κ2) is 13.2. The van der Waals surface area contributed by atoms with Crippen LogP contribution in [0, 0.1) is 5.82 Å². The third-order valence-electron chi connectivity index (χ3n) is 7.71. The van der Waals surface area contributed by atoms with Crippen LogP contribution in [0.4, 0.5) is 15.9 Å². The van der Waals surface area contributed by atoms with Gasteiger partial charge < -0.3 is 20.6 Å². The van der Waals surface area contributed by atoms with Gasteiger partial charge in [0, 0.05) is 42.8 Å². The molecular weight excluding hydrogens is 603 g/mol. The van der Waals surface area contributed by atoms with E-state index < -0.39 is 23.5 Å². The van der Waals surface area contributed by atoms with Gasteiger partial charge in [-0.1, -0.05) is 32.9 Å². The van der Waals surface area contributed by atoms with Gasteiger partial charge in [0.15, 0.2) is 0 Å². The summed E-state index contributed by atoms with van der Waals surface area (Å²) in [6, 6.07) is 12.8. The molecular formula is C34H37FN8O4. The van der Waals surface area contributed by atoms with Crippen LogP contribution in [0.1, 0.15) is 42.3 Å². The van der Waals surface area contributed by atoms with E-state index in [1.165, 1.54) is 31.6 Å². The topological polar surface area (TPSA) is 147 Å². The van der Waals surface area contributed by atoms with Gasteiger partial charge in [-0.25, -0.2) is 14.1 Å². The lowest BCUT2D eigenvalue weighted by molar-refractivity contribution is 0.0950. The Balaban J connectivity index is 1.50. The summed E-state index contributed by atoms with van der Waals surface area (Å²) in [5.74, 6) is -0.595. The third kappa shape index (κ3) is 6.95. The van der Waals surface area contributed by atoms with Crippen molar-refractivity contribution in [1.29, 1.82) is 0 Å². The fourth-order valence-electron chi connectivity index (χ4n) is 5.08. The first-order valence-corrected chi connectivity index (χ1v) is 15.0. The van der Waals surface area contributed by atoms with Gasteiger partial charge in [0.1, 0.15) is 17.3 Å². The number of fused-ring (bicyclic) bond motifs is 1. The number of nitrogens with zero attached hydrogens (tertiary/aromatic N) is 6. The van der Waals surface area contributed by atoms with Crippen molar-refractivity contribution in [1.82, 2.24) is 34.8 Å². The number of likely N-dealkylation sites (N-methyl/N-ethyl adjacent to an activating group) is 1. The van der Waals surface area contributed by atoms with Crippen LogP contribution in [0.15, 0.2) is 70.5 Å². The van der Waals surface area contributed by atoms with Crippen LogP contribution in [0.3, 0.4) is 0 Å². The number of halogens is 1. The van der Waals surface area contributed by atoms with Crippen molar-refractivity contribution in [3.8, 4) is 16.9 Å². The Kier molecular flexibility index (Phi) is 9.31. The number of aliphatic hydroxyl groups is 1. The van der Waals surface area contributed by atoms with E-state index in [2.05, 4.69) is 25.8 Å². The number of hydrogen-bond acceptors (Lipinski definition) is 9. The molecule has 13 heteroatoms. The number of carbonyl (C=O) groups is 1. The largest absolute Gasteiger partial charge is 0.392 e. The maximum absolute atomic E-state index is 15.3. The fourth-order valence-corrected chi connectivity index (χ4v) is 5.08. The molecule has 0 spiro atoms. The lowest BCUT2D eigenvalue weighted by atomic mass is 9.86. The Morgan fingerprint density at radius 3 is 2.47 bits per heavy atom. The summed E-state index contributed by atoms with van der Waals surface area (Å²) in [5.41, 5.74) is 1.07. The Morgan fingerprint density at radius 2 is 1.81 bits per heavy atom. The molecule has 0 atom stereocenters. The van der Waals surface area contributed by atoms with Crippen LogP contribution >= 0.6 is 0 Å². The smallest absolute Gasteiger partial charge is 0.290 e. The van der Waals surface area contributed by atoms with Crippen LogP contribution < -0.4 is 21.8 Å². The molecule has 12 nitrogen and oxygen atoms in total. The number of rotatable bonds is 9. The fraction of sp³-hybridized carbons (Fsp3) is 0.294. The van der Waals surface area contributed by atoms with Gasteiger partial charge in [-0.2, -0.15) is 14.9 Å². The summed E-state index contributed by atoms with van der Waals surface area (Å²) in [4.78, 5) is 45.3. The van der Waals surface area contributed by atoms with Crippen LogP contribution in [-0.2, 0) is 19.1 Å². The molecule has 0 aliphatic carbocycles. The van der Waals surface area contributed by atoms with E-state index in [9.17, 15) is 19.5 Å². The quantitative estimate of drug-likeness (QED) is 0.220. The number of hydrogen-bond donors (Lipinski definition) is 3. The number of nitrogens with one attached hydrogen (secondary N) is 2. The summed E-state index contributed by atoms with van der Waals surface area (Å²) in [7, 11) is 5.31. The molecule has 0 bridgehead atoms. The van der Waals surface area contributed by atoms with Gasteiger partial charge in [-0.15, -0.1) is 0 Å². The predicted octanol–water partition coefficient (Wildman–Crippen LogP) is 3.51. The minimum atomic E-state index is -0.677. The van der Waals surface area contributed by atoms with Gasteiger partial charge in [0.05, 0.1) is 35.1 Å². The van der Waals surface area contributed by atoms with Crippen LogP contribution in [-0.4, -0.2) is 67.6 Å². The summed E-state index contributed by atoms with van der Waals surface area (Å²) in [5, 5.41) is 25.3. The van der Waals surface area contributed by atoms with Crippen molar-refractivity contribution in [2.45, 2.75) is 32.8 Å². The first-order chi connectivity index (χ1) is 22.3. The lowest BCUT2D eigenvalue weighted by Crippen LogP contribution is -2.31. The van der Waals surface area contributed by atoms with Gasteiger partial charge in [0.2, 0.25) is 0 Å². The predicted molar refractivity (Wildman–Crippen MR) is 179 cm³/mol. The molecule has 3 heterocycles. The second-order valence-corrected chi connectivity index (χ2v) is 12.5. The van der Waals surface area contributed by atoms with Gasteiger partial charge in [-0.3, -0.25) is 14.4 Å². The number of aliphatic hydroxyl groups excluding tert-OH is 1. The zero-order valence-corrected chi connectivity index (χ0v) is 27.1. The molecule has 3 N–H and O–H groups in total. The minimum Gasteiger partial charge on any atom is -0.392 e. The number of aryl methyl sites for hydroxylation is 1. The Morgan fingerprint density at radius 1 is 1.04 bits per heavy atom. The monoisotopic (exact) mass is 640 g/mol. The highest BCUT2D eigenvalue weighted by Gasteiger charge is 2.21. The number of carbonyl (C=O) groups excluding carboxylic acids is 1. The number of aromatic nitrogens is 5. The zero-order chi connectivity index (χ0) is 34.0. The Labute approximate surface area is 270 Å². The van der Waals surface area contributed by atoms with E-state index >= 15 is 4.39 Å². The molecule has 0 aliphatic heterocycles. The van der Waals surface area contributed by atoms with Gasteiger partial charge >= 0.3 is 0 Å². The molecule has 0 saturated heterocycles. The Hall–Kier alpha value is -5.27. The average molecular weight is 641 g/mol. The SMILES string of the molecule is CN(C)CCNC(=O)c1ccc(Nc2cc(-c3cccc(-n4ncc5cc(C(C)(C)C)cc(F)c5c4=O)c3CO)nn(C)c2=O)nc1. The van der Waals surface area contributed by atoms with Crippen LogP contribution in [0.2, 0.25) is 0 Å². The van der Waals surface area contributed by atoms with E-state index in [0.717, 1.165) is 14.9 Å². The van der Waals surface area contributed by atoms with Crippen LogP contribution in [0.5, 0.6) is 0 Å². The summed E-state index contributed by atoms with van der Waals surface area (Å²) >= 11 is 0. The minimum absolute atomic E-state index is 0.112. The van der Waals surface area contributed by atoms with Crippen molar-refractivity contribution in [2.24, 2.45) is 7.05 Å². The molecule has 5 rings (SSSR count). The van der Waals surface area contributed by atoms with Crippen LogP contribution in [0.25, 0.3) is 27.7 Å². The average Bonchev–Trinajstić information content (AvgIpc) is 3.02. The molecule has 0 fully saturated rings. The zero-order valence-electron chi connectivity index (χ0n) is 27.1. The Bertz CT molecular complexity index is 2080.